The minimum atomic E-state index is -0.351. The molecule has 2 aromatic rings. The van der Waals surface area contributed by atoms with Crippen molar-refractivity contribution in [1.29, 1.82) is 0 Å². The molecule has 1 aliphatic carbocycles. The predicted octanol–water partition coefficient (Wildman–Crippen LogP) is 3.64. The van der Waals surface area contributed by atoms with E-state index < -0.39 is 0 Å². The Kier molecular flexibility index (Phi) is 5.56. The van der Waals surface area contributed by atoms with Crippen LogP contribution >= 0.6 is 0 Å². The number of hydrogen-bond donors (Lipinski definition) is 3. The van der Waals surface area contributed by atoms with Crippen LogP contribution in [0.5, 0.6) is 0 Å². The summed E-state index contributed by atoms with van der Waals surface area (Å²) in [6.45, 7) is 3.33. The second kappa shape index (κ2) is 8.04. The average Bonchev–Trinajstić information content (AvgIpc) is 2.63. The van der Waals surface area contributed by atoms with Crippen molar-refractivity contribution < 1.29 is 9.59 Å². The Morgan fingerprint density at radius 1 is 1.04 bits per heavy atom. The van der Waals surface area contributed by atoms with Crippen molar-refractivity contribution in [2.45, 2.75) is 45.2 Å². The fourth-order valence-corrected chi connectivity index (χ4v) is 3.37. The maximum atomic E-state index is 12.6. The Morgan fingerprint density at radius 3 is 2.46 bits per heavy atom. The maximum absolute atomic E-state index is 12.6. The van der Waals surface area contributed by atoms with E-state index >= 15 is 0 Å². The molecule has 2 amide bonds. The SMILES string of the molecule is CC(=O)Nc1ccc(N[C@@H](C)C(=O)N[C@@H]2CCCc3ccccc32)cc1. The standard InChI is InChI=1S/C21H25N3O2/c1-14(22-17-10-12-18(13-11-17)23-15(2)25)21(26)24-20-9-5-7-16-6-3-4-8-19(16)20/h3-4,6,8,10-14,20,22H,5,7,9H2,1-2H3,(H,23,25)(H,24,26)/t14-,20+/m0/s1. The summed E-state index contributed by atoms with van der Waals surface area (Å²) in [5.74, 6) is -0.121. The van der Waals surface area contributed by atoms with Gasteiger partial charge < -0.3 is 16.0 Å². The number of carbonyl (C=O) groups excluding carboxylic acids is 2. The highest BCUT2D eigenvalue weighted by atomic mass is 16.2. The molecule has 0 aliphatic heterocycles. The van der Waals surface area contributed by atoms with Gasteiger partial charge in [-0.25, -0.2) is 0 Å². The Morgan fingerprint density at radius 2 is 1.73 bits per heavy atom. The highest BCUT2D eigenvalue weighted by Crippen LogP contribution is 2.29. The third kappa shape index (κ3) is 4.42. The molecule has 0 fully saturated rings. The van der Waals surface area contributed by atoms with Gasteiger partial charge in [-0.2, -0.15) is 0 Å². The maximum Gasteiger partial charge on any atom is 0.242 e. The molecule has 136 valence electrons. The van der Waals surface area contributed by atoms with Gasteiger partial charge >= 0.3 is 0 Å². The number of anilines is 2. The van der Waals surface area contributed by atoms with Crippen LogP contribution in [0.2, 0.25) is 0 Å². The zero-order valence-electron chi connectivity index (χ0n) is 15.2. The normalized spacial score (nSPS) is 16.9. The molecule has 2 atom stereocenters. The van der Waals surface area contributed by atoms with Crippen LogP contribution in [-0.2, 0) is 16.0 Å². The molecule has 5 heteroatoms. The lowest BCUT2D eigenvalue weighted by molar-refractivity contribution is -0.122. The first kappa shape index (κ1) is 18.0. The molecule has 0 aromatic heterocycles. The van der Waals surface area contributed by atoms with E-state index in [-0.39, 0.29) is 23.9 Å². The first-order chi connectivity index (χ1) is 12.5. The molecule has 5 nitrogen and oxygen atoms in total. The number of fused-ring (bicyclic) bond motifs is 1. The summed E-state index contributed by atoms with van der Waals surface area (Å²) in [5, 5.41) is 9.11. The number of benzene rings is 2. The van der Waals surface area contributed by atoms with Gasteiger partial charge in [0, 0.05) is 18.3 Å². The lowest BCUT2D eigenvalue weighted by Crippen LogP contribution is -2.40. The monoisotopic (exact) mass is 351 g/mol. The molecule has 3 N–H and O–H groups in total. The number of aryl methyl sites for hydroxylation is 1. The smallest absolute Gasteiger partial charge is 0.242 e. The third-order valence-corrected chi connectivity index (χ3v) is 4.67. The summed E-state index contributed by atoms with van der Waals surface area (Å²) in [6, 6.07) is 15.4. The van der Waals surface area contributed by atoms with Crippen molar-refractivity contribution >= 4 is 23.2 Å². The summed E-state index contributed by atoms with van der Waals surface area (Å²) in [4.78, 5) is 23.7. The van der Waals surface area contributed by atoms with E-state index in [2.05, 4.69) is 34.1 Å². The lowest BCUT2D eigenvalue weighted by Gasteiger charge is -2.27. The van der Waals surface area contributed by atoms with Gasteiger partial charge in [-0.1, -0.05) is 24.3 Å². The molecular weight excluding hydrogens is 326 g/mol. The van der Waals surface area contributed by atoms with Crippen LogP contribution in [0, 0.1) is 0 Å². The van der Waals surface area contributed by atoms with Gasteiger partial charge in [0.05, 0.1) is 6.04 Å². The average molecular weight is 351 g/mol. The number of rotatable bonds is 5. The fraction of sp³-hybridized carbons (Fsp3) is 0.333. The van der Waals surface area contributed by atoms with Gasteiger partial charge in [0.2, 0.25) is 11.8 Å². The van der Waals surface area contributed by atoms with Gasteiger partial charge in [-0.05, 0) is 61.6 Å². The van der Waals surface area contributed by atoms with Crippen LogP contribution in [0.15, 0.2) is 48.5 Å². The number of hydrogen-bond acceptors (Lipinski definition) is 3. The van der Waals surface area contributed by atoms with Crippen LogP contribution in [0.25, 0.3) is 0 Å². The van der Waals surface area contributed by atoms with E-state index in [9.17, 15) is 9.59 Å². The molecule has 0 spiro atoms. The first-order valence-corrected chi connectivity index (χ1v) is 9.05. The van der Waals surface area contributed by atoms with E-state index in [1.165, 1.54) is 18.1 Å². The van der Waals surface area contributed by atoms with Gasteiger partial charge in [0.25, 0.3) is 0 Å². The molecule has 0 saturated carbocycles. The Balaban J connectivity index is 1.59. The van der Waals surface area contributed by atoms with Crippen molar-refractivity contribution in [3.63, 3.8) is 0 Å². The molecule has 26 heavy (non-hydrogen) atoms. The first-order valence-electron chi connectivity index (χ1n) is 9.05. The zero-order valence-corrected chi connectivity index (χ0v) is 15.2. The van der Waals surface area contributed by atoms with Crippen molar-refractivity contribution in [3.05, 3.63) is 59.7 Å². The van der Waals surface area contributed by atoms with Crippen LogP contribution < -0.4 is 16.0 Å². The summed E-state index contributed by atoms with van der Waals surface area (Å²) in [5.41, 5.74) is 4.14. The minimum Gasteiger partial charge on any atom is -0.374 e. The highest BCUT2D eigenvalue weighted by molar-refractivity contribution is 5.89. The lowest BCUT2D eigenvalue weighted by atomic mass is 9.87. The molecular formula is C21H25N3O2. The van der Waals surface area contributed by atoms with Crippen molar-refractivity contribution in [1.82, 2.24) is 5.32 Å². The van der Waals surface area contributed by atoms with Gasteiger partial charge in [-0.3, -0.25) is 9.59 Å². The van der Waals surface area contributed by atoms with Crippen molar-refractivity contribution in [2.24, 2.45) is 0 Å². The topological polar surface area (TPSA) is 70.2 Å². The quantitative estimate of drug-likeness (QED) is 0.770. The molecule has 0 heterocycles. The summed E-state index contributed by atoms with van der Waals surface area (Å²) in [7, 11) is 0. The predicted molar refractivity (Wildman–Crippen MR) is 104 cm³/mol. The molecule has 1 aliphatic rings. The Hall–Kier alpha value is -2.82. The van der Waals surface area contributed by atoms with Gasteiger partial charge in [0.15, 0.2) is 0 Å². The van der Waals surface area contributed by atoms with Crippen LogP contribution in [0.4, 0.5) is 11.4 Å². The van der Waals surface area contributed by atoms with Gasteiger partial charge in [-0.15, -0.1) is 0 Å². The van der Waals surface area contributed by atoms with Crippen LogP contribution in [0.3, 0.4) is 0 Å². The number of amides is 2. The molecule has 0 saturated heterocycles. The molecule has 3 rings (SSSR count). The zero-order chi connectivity index (χ0) is 18.5. The Labute approximate surface area is 154 Å². The van der Waals surface area contributed by atoms with E-state index in [0.29, 0.717) is 0 Å². The van der Waals surface area contributed by atoms with Crippen LogP contribution in [-0.4, -0.2) is 17.9 Å². The van der Waals surface area contributed by atoms with E-state index in [1.807, 2.05) is 37.3 Å². The summed E-state index contributed by atoms with van der Waals surface area (Å²) >= 11 is 0. The molecule has 0 bridgehead atoms. The van der Waals surface area contributed by atoms with E-state index in [1.54, 1.807) is 0 Å². The van der Waals surface area contributed by atoms with E-state index in [0.717, 1.165) is 30.6 Å². The number of nitrogens with one attached hydrogen (secondary N) is 3. The minimum absolute atomic E-state index is 0.0161. The second-order valence-electron chi connectivity index (χ2n) is 6.78. The van der Waals surface area contributed by atoms with Gasteiger partial charge in [0.1, 0.15) is 6.04 Å². The van der Waals surface area contributed by atoms with Crippen molar-refractivity contribution in [3.8, 4) is 0 Å². The molecule has 2 aromatic carbocycles. The number of carbonyl (C=O) groups is 2. The van der Waals surface area contributed by atoms with Crippen LogP contribution in [0.1, 0.15) is 43.9 Å². The fourth-order valence-electron chi connectivity index (χ4n) is 3.37. The third-order valence-electron chi connectivity index (χ3n) is 4.67. The highest BCUT2D eigenvalue weighted by Gasteiger charge is 2.23. The largest absolute Gasteiger partial charge is 0.374 e. The summed E-state index contributed by atoms with van der Waals surface area (Å²) in [6.07, 6.45) is 3.15. The van der Waals surface area contributed by atoms with E-state index in [4.69, 9.17) is 0 Å². The summed E-state index contributed by atoms with van der Waals surface area (Å²) < 4.78 is 0. The van der Waals surface area contributed by atoms with Crippen molar-refractivity contribution in [2.75, 3.05) is 10.6 Å². The second-order valence-corrected chi connectivity index (χ2v) is 6.78. The Bertz CT molecular complexity index is 786. The molecule has 0 radical (unpaired) electrons. The molecule has 0 unspecified atom stereocenters.